The minimum Gasteiger partial charge on any atom is -0.135 e. The SMILES string of the molecule is c1ccc(-c2cc(-c3cc(-c4ccccc4)cc(-c4ccc5sc6ccccc6c5c4)c3)cc(-c3ccc4sc5ccccc5c4c3)c2)cc1. The monoisotopic (exact) mass is 670 g/mol. The molecular weight excluding hydrogens is 641 g/mol. The van der Waals surface area contributed by atoms with Crippen molar-refractivity contribution in [2.24, 2.45) is 0 Å². The van der Waals surface area contributed by atoms with Crippen molar-refractivity contribution >= 4 is 63.0 Å². The summed E-state index contributed by atoms with van der Waals surface area (Å²) in [5, 5.41) is 5.28. The molecular formula is C48H30S2. The summed E-state index contributed by atoms with van der Waals surface area (Å²) < 4.78 is 5.31. The number of fused-ring (bicyclic) bond motifs is 6. The predicted octanol–water partition coefficient (Wildman–Crippen LogP) is 14.8. The highest BCUT2D eigenvalue weighted by Crippen LogP contribution is 2.41. The third kappa shape index (κ3) is 5.13. The van der Waals surface area contributed by atoms with Gasteiger partial charge in [0.25, 0.3) is 0 Å². The topological polar surface area (TPSA) is 0 Å². The predicted molar refractivity (Wildman–Crippen MR) is 219 cm³/mol. The molecule has 0 radical (unpaired) electrons. The van der Waals surface area contributed by atoms with Crippen LogP contribution in [0.4, 0.5) is 0 Å². The van der Waals surface area contributed by atoms with E-state index in [0.717, 1.165) is 0 Å². The molecule has 10 rings (SSSR count). The molecule has 0 aliphatic rings. The van der Waals surface area contributed by atoms with Gasteiger partial charge in [0.05, 0.1) is 0 Å². The van der Waals surface area contributed by atoms with E-state index in [2.05, 4.69) is 182 Å². The van der Waals surface area contributed by atoms with Crippen molar-refractivity contribution < 1.29 is 0 Å². The fourth-order valence-corrected chi connectivity index (χ4v) is 9.50. The van der Waals surface area contributed by atoms with E-state index >= 15 is 0 Å². The number of hydrogen-bond acceptors (Lipinski definition) is 2. The second-order valence-corrected chi connectivity index (χ2v) is 15.1. The van der Waals surface area contributed by atoms with E-state index in [1.54, 1.807) is 0 Å². The van der Waals surface area contributed by atoms with Crippen LogP contribution >= 0.6 is 22.7 Å². The Morgan fingerprint density at radius 3 is 0.940 bits per heavy atom. The molecule has 10 aromatic rings. The van der Waals surface area contributed by atoms with E-state index in [4.69, 9.17) is 0 Å². The lowest BCUT2D eigenvalue weighted by atomic mass is 9.89. The second kappa shape index (κ2) is 12.0. The van der Waals surface area contributed by atoms with Crippen LogP contribution in [0.5, 0.6) is 0 Å². The van der Waals surface area contributed by atoms with Crippen molar-refractivity contribution in [2.45, 2.75) is 0 Å². The largest absolute Gasteiger partial charge is 0.135 e. The van der Waals surface area contributed by atoms with E-state index in [9.17, 15) is 0 Å². The molecule has 50 heavy (non-hydrogen) atoms. The fourth-order valence-electron chi connectivity index (χ4n) is 7.33. The third-order valence-corrected chi connectivity index (χ3v) is 12.1. The molecule has 0 fully saturated rings. The smallest absolute Gasteiger partial charge is 0.0355 e. The van der Waals surface area contributed by atoms with Crippen LogP contribution in [-0.4, -0.2) is 0 Å². The molecule has 0 amide bonds. The zero-order chi connectivity index (χ0) is 33.0. The Morgan fingerprint density at radius 1 is 0.200 bits per heavy atom. The first-order chi connectivity index (χ1) is 24.7. The normalized spacial score (nSPS) is 11.6. The molecule has 0 bridgehead atoms. The second-order valence-electron chi connectivity index (χ2n) is 12.9. The van der Waals surface area contributed by atoms with Crippen molar-refractivity contribution in [3.8, 4) is 55.6 Å². The molecule has 0 saturated heterocycles. The zero-order valence-electron chi connectivity index (χ0n) is 27.1. The molecule has 0 atom stereocenters. The van der Waals surface area contributed by atoms with Gasteiger partial charge in [0.2, 0.25) is 0 Å². The van der Waals surface area contributed by atoms with Crippen LogP contribution in [-0.2, 0) is 0 Å². The van der Waals surface area contributed by atoms with Gasteiger partial charge in [-0.15, -0.1) is 22.7 Å². The highest BCUT2D eigenvalue weighted by molar-refractivity contribution is 7.26. The zero-order valence-corrected chi connectivity index (χ0v) is 28.8. The molecule has 0 aliphatic carbocycles. The van der Waals surface area contributed by atoms with E-state index in [0.29, 0.717) is 0 Å². The number of rotatable bonds is 5. The molecule has 0 unspecified atom stereocenters. The van der Waals surface area contributed by atoms with Gasteiger partial charge in [-0.2, -0.15) is 0 Å². The van der Waals surface area contributed by atoms with Crippen LogP contribution in [0.15, 0.2) is 182 Å². The van der Waals surface area contributed by atoms with Gasteiger partial charge in [-0.1, -0.05) is 109 Å². The van der Waals surface area contributed by atoms with Crippen LogP contribution in [0, 0.1) is 0 Å². The third-order valence-electron chi connectivity index (χ3n) is 9.83. The van der Waals surface area contributed by atoms with Gasteiger partial charge in [-0.25, -0.2) is 0 Å². The molecule has 0 aliphatic heterocycles. The Hall–Kier alpha value is -5.80. The van der Waals surface area contributed by atoms with Crippen molar-refractivity contribution in [3.63, 3.8) is 0 Å². The minimum atomic E-state index is 1.21. The van der Waals surface area contributed by atoms with Gasteiger partial charge in [0.15, 0.2) is 0 Å². The van der Waals surface area contributed by atoms with E-state index in [1.807, 2.05) is 22.7 Å². The van der Waals surface area contributed by atoms with Crippen molar-refractivity contribution in [1.82, 2.24) is 0 Å². The summed E-state index contributed by atoms with van der Waals surface area (Å²) >= 11 is 3.73. The molecule has 234 valence electrons. The Kier molecular flexibility index (Phi) is 6.97. The average Bonchev–Trinajstić information content (AvgIpc) is 3.76. The average molecular weight is 671 g/mol. The molecule has 0 N–H and O–H groups in total. The molecule has 0 spiro atoms. The molecule has 2 heteroatoms. The van der Waals surface area contributed by atoms with Gasteiger partial charge in [0, 0.05) is 40.3 Å². The highest BCUT2D eigenvalue weighted by Gasteiger charge is 2.14. The summed E-state index contributed by atoms with van der Waals surface area (Å²) in [7, 11) is 0. The summed E-state index contributed by atoms with van der Waals surface area (Å²) in [6.07, 6.45) is 0. The maximum atomic E-state index is 2.38. The van der Waals surface area contributed by atoms with Gasteiger partial charge < -0.3 is 0 Å². The lowest BCUT2D eigenvalue weighted by Gasteiger charge is -2.15. The van der Waals surface area contributed by atoms with Gasteiger partial charge in [-0.05, 0) is 128 Å². The van der Waals surface area contributed by atoms with Crippen molar-refractivity contribution in [1.29, 1.82) is 0 Å². The van der Waals surface area contributed by atoms with Crippen LogP contribution in [0.2, 0.25) is 0 Å². The van der Waals surface area contributed by atoms with E-state index in [1.165, 1.54) is 96.0 Å². The summed E-state index contributed by atoms with van der Waals surface area (Å²) in [6, 6.07) is 67.2. The maximum absolute atomic E-state index is 2.38. The quantitative estimate of drug-likeness (QED) is 0.171. The fraction of sp³-hybridized carbons (Fsp3) is 0. The molecule has 8 aromatic carbocycles. The van der Waals surface area contributed by atoms with E-state index < -0.39 is 0 Å². The Labute approximate surface area is 299 Å². The molecule has 2 aromatic heterocycles. The first kappa shape index (κ1) is 29.1. The van der Waals surface area contributed by atoms with Crippen LogP contribution in [0.25, 0.3) is 96.0 Å². The summed E-state index contributed by atoms with van der Waals surface area (Å²) in [5.74, 6) is 0. The lowest BCUT2D eigenvalue weighted by molar-refractivity contribution is 1.56. The summed E-state index contributed by atoms with van der Waals surface area (Å²) in [4.78, 5) is 0. The molecule has 0 saturated carbocycles. The van der Waals surface area contributed by atoms with Crippen LogP contribution in [0.3, 0.4) is 0 Å². The first-order valence-electron chi connectivity index (χ1n) is 17.0. The minimum absolute atomic E-state index is 1.21. The number of thiophene rings is 2. The van der Waals surface area contributed by atoms with Crippen LogP contribution < -0.4 is 0 Å². The van der Waals surface area contributed by atoms with Crippen molar-refractivity contribution in [2.75, 3.05) is 0 Å². The lowest BCUT2D eigenvalue weighted by Crippen LogP contribution is -1.89. The highest BCUT2D eigenvalue weighted by atomic mass is 32.1. The first-order valence-corrected chi connectivity index (χ1v) is 18.6. The maximum Gasteiger partial charge on any atom is 0.0355 e. The van der Waals surface area contributed by atoms with Crippen molar-refractivity contribution in [3.05, 3.63) is 182 Å². The number of hydrogen-bond donors (Lipinski definition) is 0. The Bertz CT molecular complexity index is 2660. The standard InChI is InChI=1S/C48H30S2/c1-3-11-31(12-4-1)35-23-37(33-19-21-47-43(29-33)41-15-7-9-17-45(41)49-47)27-39(25-35)40-26-36(32-13-5-2-6-14-32)24-38(28-40)34-20-22-48-44(30-34)42-16-8-10-18-46(42)50-48/h1-30H. The van der Waals surface area contributed by atoms with Crippen LogP contribution in [0.1, 0.15) is 0 Å². The van der Waals surface area contributed by atoms with Gasteiger partial charge in [-0.3, -0.25) is 0 Å². The molecule has 2 heterocycles. The molecule has 0 nitrogen and oxygen atoms in total. The Morgan fingerprint density at radius 2 is 0.520 bits per heavy atom. The summed E-state index contributed by atoms with van der Waals surface area (Å²) in [5.41, 5.74) is 12.2. The van der Waals surface area contributed by atoms with E-state index in [-0.39, 0.29) is 0 Å². The Balaban J connectivity index is 1.19. The van der Waals surface area contributed by atoms with Gasteiger partial charge >= 0.3 is 0 Å². The number of benzene rings is 8. The van der Waals surface area contributed by atoms with Gasteiger partial charge in [0.1, 0.15) is 0 Å². The summed E-state index contributed by atoms with van der Waals surface area (Å²) in [6.45, 7) is 0.